The van der Waals surface area contributed by atoms with Crippen LogP contribution in [0, 0.1) is 0 Å². The number of benzene rings is 1. The molecule has 1 fully saturated rings. The summed E-state index contributed by atoms with van der Waals surface area (Å²) in [4.78, 5) is 20.7. The molecule has 0 saturated carbocycles. The summed E-state index contributed by atoms with van der Waals surface area (Å²) in [5.74, 6) is 0.550. The SMILES string of the molecule is CC(C)c1ccc(N2CCN(C(=O)NCc3ccccn3)CC2)cc1. The van der Waals surface area contributed by atoms with Crippen molar-refractivity contribution in [3.63, 3.8) is 0 Å². The lowest BCUT2D eigenvalue weighted by atomic mass is 10.0. The van der Waals surface area contributed by atoms with Gasteiger partial charge in [0.1, 0.15) is 0 Å². The van der Waals surface area contributed by atoms with Crippen molar-refractivity contribution < 1.29 is 4.79 Å². The van der Waals surface area contributed by atoms with Gasteiger partial charge in [-0.15, -0.1) is 0 Å². The van der Waals surface area contributed by atoms with E-state index in [0.717, 1.165) is 31.9 Å². The Morgan fingerprint density at radius 3 is 2.40 bits per heavy atom. The molecule has 0 unspecified atom stereocenters. The van der Waals surface area contributed by atoms with Crippen LogP contribution in [0.4, 0.5) is 10.5 Å². The Morgan fingerprint density at radius 2 is 1.80 bits per heavy atom. The topological polar surface area (TPSA) is 48.5 Å². The molecule has 1 saturated heterocycles. The summed E-state index contributed by atoms with van der Waals surface area (Å²) in [5, 5.41) is 2.95. The summed E-state index contributed by atoms with van der Waals surface area (Å²) in [6.07, 6.45) is 1.74. The quantitative estimate of drug-likeness (QED) is 0.931. The molecule has 1 aliphatic rings. The minimum Gasteiger partial charge on any atom is -0.368 e. The highest BCUT2D eigenvalue weighted by molar-refractivity contribution is 5.74. The zero-order valence-corrected chi connectivity index (χ0v) is 15.0. The standard InChI is InChI=1S/C20H26N4O/c1-16(2)17-6-8-19(9-7-17)23-11-13-24(14-12-23)20(25)22-15-18-5-3-4-10-21-18/h3-10,16H,11-15H2,1-2H3,(H,22,25). The molecule has 5 nitrogen and oxygen atoms in total. The second kappa shape index (κ2) is 8.01. The van der Waals surface area contributed by atoms with E-state index in [4.69, 9.17) is 0 Å². The number of hydrogen-bond donors (Lipinski definition) is 1. The van der Waals surface area contributed by atoms with Gasteiger partial charge in [-0.3, -0.25) is 4.98 Å². The Balaban J connectivity index is 1.48. The van der Waals surface area contributed by atoms with Crippen molar-refractivity contribution >= 4 is 11.7 Å². The van der Waals surface area contributed by atoms with E-state index in [1.165, 1.54) is 11.3 Å². The van der Waals surface area contributed by atoms with Crippen molar-refractivity contribution in [1.29, 1.82) is 0 Å². The van der Waals surface area contributed by atoms with Crippen LogP contribution in [0.15, 0.2) is 48.7 Å². The normalized spacial score (nSPS) is 14.7. The van der Waals surface area contributed by atoms with Gasteiger partial charge in [0.25, 0.3) is 0 Å². The number of nitrogens with zero attached hydrogens (tertiary/aromatic N) is 3. The van der Waals surface area contributed by atoms with Crippen molar-refractivity contribution in [2.45, 2.75) is 26.3 Å². The fourth-order valence-corrected chi connectivity index (χ4v) is 3.02. The number of nitrogens with one attached hydrogen (secondary N) is 1. The molecule has 0 aliphatic carbocycles. The number of aromatic nitrogens is 1. The smallest absolute Gasteiger partial charge is 0.317 e. The van der Waals surface area contributed by atoms with Gasteiger partial charge in [-0.2, -0.15) is 0 Å². The van der Waals surface area contributed by atoms with Gasteiger partial charge >= 0.3 is 6.03 Å². The summed E-state index contributed by atoms with van der Waals surface area (Å²) < 4.78 is 0. The van der Waals surface area contributed by atoms with Crippen LogP contribution in [-0.2, 0) is 6.54 Å². The van der Waals surface area contributed by atoms with Crippen molar-refractivity contribution in [3.8, 4) is 0 Å². The molecule has 2 heterocycles. The van der Waals surface area contributed by atoms with Gasteiger partial charge in [-0.05, 0) is 35.7 Å². The van der Waals surface area contributed by atoms with Crippen LogP contribution in [0.5, 0.6) is 0 Å². The monoisotopic (exact) mass is 338 g/mol. The van der Waals surface area contributed by atoms with Crippen LogP contribution >= 0.6 is 0 Å². The van der Waals surface area contributed by atoms with E-state index in [1.807, 2.05) is 23.1 Å². The Labute approximate surface area is 149 Å². The lowest BCUT2D eigenvalue weighted by Gasteiger charge is -2.36. The third kappa shape index (κ3) is 4.50. The van der Waals surface area contributed by atoms with E-state index in [9.17, 15) is 4.79 Å². The Morgan fingerprint density at radius 1 is 1.08 bits per heavy atom. The maximum absolute atomic E-state index is 12.3. The molecule has 0 spiro atoms. The van der Waals surface area contributed by atoms with Gasteiger partial charge < -0.3 is 15.1 Å². The Bertz CT molecular complexity index is 677. The molecule has 3 rings (SSSR count). The van der Waals surface area contributed by atoms with Crippen LogP contribution in [0.25, 0.3) is 0 Å². The summed E-state index contributed by atoms with van der Waals surface area (Å²) in [6.45, 7) is 8.07. The first-order chi connectivity index (χ1) is 12.1. The Kier molecular flexibility index (Phi) is 5.53. The lowest BCUT2D eigenvalue weighted by Crippen LogP contribution is -2.51. The predicted molar refractivity (Wildman–Crippen MR) is 101 cm³/mol. The van der Waals surface area contributed by atoms with Crippen molar-refractivity contribution in [1.82, 2.24) is 15.2 Å². The first-order valence-corrected chi connectivity index (χ1v) is 8.91. The molecule has 5 heteroatoms. The third-order valence-corrected chi connectivity index (χ3v) is 4.64. The van der Waals surface area contributed by atoms with Crippen molar-refractivity contribution in [2.24, 2.45) is 0 Å². The van der Waals surface area contributed by atoms with Gasteiger partial charge in [0.2, 0.25) is 0 Å². The first-order valence-electron chi connectivity index (χ1n) is 8.91. The predicted octanol–water partition coefficient (Wildman–Crippen LogP) is 3.24. The van der Waals surface area contributed by atoms with Gasteiger partial charge in [-0.1, -0.05) is 32.0 Å². The maximum atomic E-state index is 12.3. The van der Waals surface area contributed by atoms with E-state index in [-0.39, 0.29) is 6.03 Å². The second-order valence-electron chi connectivity index (χ2n) is 6.70. The third-order valence-electron chi connectivity index (χ3n) is 4.64. The molecule has 1 aromatic heterocycles. The number of pyridine rings is 1. The summed E-state index contributed by atoms with van der Waals surface area (Å²) in [5.41, 5.74) is 3.47. The van der Waals surface area contributed by atoms with E-state index >= 15 is 0 Å². The van der Waals surface area contributed by atoms with Crippen LogP contribution in [0.3, 0.4) is 0 Å². The number of carbonyl (C=O) groups is 1. The van der Waals surface area contributed by atoms with Crippen LogP contribution < -0.4 is 10.2 Å². The van der Waals surface area contributed by atoms with E-state index < -0.39 is 0 Å². The molecule has 25 heavy (non-hydrogen) atoms. The summed E-state index contributed by atoms with van der Waals surface area (Å²) >= 11 is 0. The summed E-state index contributed by atoms with van der Waals surface area (Å²) in [6, 6.07) is 14.5. The molecule has 0 radical (unpaired) electrons. The average molecular weight is 338 g/mol. The highest BCUT2D eigenvalue weighted by atomic mass is 16.2. The minimum absolute atomic E-state index is 0.0135. The number of urea groups is 1. The zero-order valence-electron chi connectivity index (χ0n) is 15.0. The van der Waals surface area contributed by atoms with Crippen molar-refractivity contribution in [2.75, 3.05) is 31.1 Å². The highest BCUT2D eigenvalue weighted by Gasteiger charge is 2.21. The Hall–Kier alpha value is -2.56. The molecule has 0 bridgehead atoms. The molecule has 2 amide bonds. The summed E-state index contributed by atoms with van der Waals surface area (Å²) in [7, 11) is 0. The fourth-order valence-electron chi connectivity index (χ4n) is 3.02. The number of rotatable bonds is 4. The number of carbonyl (C=O) groups excluding carboxylic acids is 1. The second-order valence-corrected chi connectivity index (χ2v) is 6.70. The molecule has 2 aromatic rings. The van der Waals surface area contributed by atoms with Gasteiger partial charge in [0, 0.05) is 38.1 Å². The van der Waals surface area contributed by atoms with E-state index in [0.29, 0.717) is 12.5 Å². The molecule has 1 aliphatic heterocycles. The number of anilines is 1. The average Bonchev–Trinajstić information content (AvgIpc) is 2.67. The molecule has 1 aromatic carbocycles. The van der Waals surface area contributed by atoms with Crippen molar-refractivity contribution in [3.05, 3.63) is 59.9 Å². The van der Waals surface area contributed by atoms with E-state index in [2.05, 4.69) is 53.3 Å². The zero-order chi connectivity index (χ0) is 17.6. The first kappa shape index (κ1) is 17.3. The number of amides is 2. The fraction of sp³-hybridized carbons (Fsp3) is 0.400. The lowest BCUT2D eigenvalue weighted by molar-refractivity contribution is 0.194. The van der Waals surface area contributed by atoms with E-state index in [1.54, 1.807) is 6.20 Å². The molecular weight excluding hydrogens is 312 g/mol. The highest BCUT2D eigenvalue weighted by Crippen LogP contribution is 2.21. The van der Waals surface area contributed by atoms with Gasteiger partial charge in [0.05, 0.1) is 12.2 Å². The molecule has 0 atom stereocenters. The number of piperazine rings is 1. The molecular formula is C20H26N4O. The van der Waals surface area contributed by atoms with Crippen LogP contribution in [-0.4, -0.2) is 42.1 Å². The van der Waals surface area contributed by atoms with Crippen LogP contribution in [0.1, 0.15) is 31.0 Å². The van der Waals surface area contributed by atoms with Gasteiger partial charge in [-0.25, -0.2) is 4.79 Å². The van der Waals surface area contributed by atoms with Gasteiger partial charge in [0.15, 0.2) is 0 Å². The molecule has 132 valence electrons. The molecule has 1 N–H and O–H groups in total. The number of hydrogen-bond acceptors (Lipinski definition) is 3. The maximum Gasteiger partial charge on any atom is 0.317 e. The van der Waals surface area contributed by atoms with Crippen LogP contribution in [0.2, 0.25) is 0 Å². The minimum atomic E-state index is -0.0135. The largest absolute Gasteiger partial charge is 0.368 e.